The molecule has 1 unspecified atom stereocenters. The Morgan fingerprint density at radius 2 is 1.87 bits per heavy atom. The van der Waals surface area contributed by atoms with Crippen molar-refractivity contribution in [3.05, 3.63) is 11.1 Å². The minimum atomic E-state index is -0.0606. The van der Waals surface area contributed by atoms with Gasteiger partial charge in [-0.25, -0.2) is 0 Å². The van der Waals surface area contributed by atoms with Gasteiger partial charge in [-0.05, 0) is 13.3 Å². The van der Waals surface area contributed by atoms with Gasteiger partial charge in [0.2, 0.25) is 18.3 Å². The van der Waals surface area contributed by atoms with Crippen LogP contribution in [0.25, 0.3) is 0 Å². The predicted molar refractivity (Wildman–Crippen MR) is 85.7 cm³/mol. The van der Waals surface area contributed by atoms with Crippen molar-refractivity contribution in [2.45, 2.75) is 64.9 Å². The zero-order chi connectivity index (χ0) is 16.4. The van der Waals surface area contributed by atoms with Crippen molar-refractivity contribution in [3.8, 4) is 23.0 Å². The van der Waals surface area contributed by atoms with Crippen LogP contribution < -0.4 is 14.2 Å². The van der Waals surface area contributed by atoms with E-state index < -0.39 is 0 Å². The van der Waals surface area contributed by atoms with Crippen molar-refractivity contribution < 1.29 is 24.1 Å². The molecule has 126 valence electrons. The zero-order valence-corrected chi connectivity index (χ0v) is 13.8. The number of Topliss-reactive ketones (excluding diaryl/α,β-unsaturated/α-hetero) is 1. The van der Waals surface area contributed by atoms with E-state index in [2.05, 4.69) is 6.92 Å². The van der Waals surface area contributed by atoms with Gasteiger partial charge in [-0.3, -0.25) is 4.79 Å². The van der Waals surface area contributed by atoms with Crippen molar-refractivity contribution >= 4 is 5.78 Å². The van der Waals surface area contributed by atoms with Crippen LogP contribution in [0.5, 0.6) is 23.0 Å². The summed E-state index contributed by atoms with van der Waals surface area (Å²) in [7, 11) is 0. The number of hydrogen-bond acceptors (Lipinski definition) is 5. The highest BCUT2D eigenvalue weighted by atomic mass is 16.7. The van der Waals surface area contributed by atoms with E-state index in [4.69, 9.17) is 14.2 Å². The molecule has 0 amide bonds. The molecule has 5 nitrogen and oxygen atoms in total. The summed E-state index contributed by atoms with van der Waals surface area (Å²) < 4.78 is 16.5. The van der Waals surface area contributed by atoms with Crippen LogP contribution in [0.2, 0.25) is 0 Å². The number of aromatic hydroxyl groups is 1. The second-order valence-corrected chi connectivity index (χ2v) is 6.32. The Hall–Kier alpha value is -1.91. The number of carbonyl (C=O) groups excluding carboxylic acids is 1. The van der Waals surface area contributed by atoms with Crippen LogP contribution in [-0.4, -0.2) is 23.8 Å². The Labute approximate surface area is 136 Å². The molecule has 0 bridgehead atoms. The lowest BCUT2D eigenvalue weighted by Crippen LogP contribution is -2.08. The van der Waals surface area contributed by atoms with Gasteiger partial charge in [0, 0.05) is 18.4 Å². The molecule has 3 rings (SSSR count). The number of phenolic OH excluding ortho intramolecular Hbond substituents is 1. The minimum absolute atomic E-state index is 0.0259. The van der Waals surface area contributed by atoms with Crippen molar-refractivity contribution in [2.75, 3.05) is 6.79 Å². The number of fused-ring (bicyclic) bond motifs is 2. The molecule has 2 aliphatic rings. The number of hydrogen-bond donors (Lipinski definition) is 1. The second kappa shape index (κ2) is 6.69. The van der Waals surface area contributed by atoms with Crippen LogP contribution in [-0.2, 0) is 6.42 Å². The first-order valence-electron chi connectivity index (χ1n) is 8.50. The van der Waals surface area contributed by atoms with Crippen LogP contribution in [0.1, 0.15) is 68.3 Å². The van der Waals surface area contributed by atoms with E-state index in [0.29, 0.717) is 29.9 Å². The third-order valence-electron chi connectivity index (χ3n) is 4.44. The molecule has 0 aliphatic carbocycles. The fraction of sp³-hybridized carbons (Fsp3) is 0.611. The highest BCUT2D eigenvalue weighted by molar-refractivity contribution is 6.02. The Balaban J connectivity index is 1.83. The summed E-state index contributed by atoms with van der Waals surface area (Å²) in [6.45, 7) is 4.12. The summed E-state index contributed by atoms with van der Waals surface area (Å²) in [4.78, 5) is 12.7. The predicted octanol–water partition coefficient (Wildman–Crippen LogP) is 3.99. The van der Waals surface area contributed by atoms with E-state index in [1.54, 1.807) is 0 Å². The van der Waals surface area contributed by atoms with E-state index in [1.807, 2.05) is 6.92 Å². The molecule has 0 saturated heterocycles. The molecular formula is C18H24O5. The maximum atomic E-state index is 12.7. The van der Waals surface area contributed by atoms with E-state index in [9.17, 15) is 9.90 Å². The van der Waals surface area contributed by atoms with Crippen LogP contribution in [0, 0.1) is 0 Å². The Bertz CT molecular complexity index is 608. The summed E-state index contributed by atoms with van der Waals surface area (Å²) >= 11 is 0. The number of carbonyl (C=O) groups is 1. The fourth-order valence-electron chi connectivity index (χ4n) is 3.30. The van der Waals surface area contributed by atoms with Gasteiger partial charge in [-0.15, -0.1) is 0 Å². The minimum Gasteiger partial charge on any atom is -0.502 e. The fourth-order valence-corrected chi connectivity index (χ4v) is 3.30. The van der Waals surface area contributed by atoms with Crippen molar-refractivity contribution in [3.63, 3.8) is 0 Å². The summed E-state index contributed by atoms with van der Waals surface area (Å²) in [5, 5.41) is 10.3. The van der Waals surface area contributed by atoms with Gasteiger partial charge in [0.15, 0.2) is 17.3 Å². The van der Waals surface area contributed by atoms with E-state index in [-0.39, 0.29) is 30.2 Å². The maximum absolute atomic E-state index is 12.7. The normalized spacial score (nSPS) is 17.9. The molecule has 2 aliphatic heterocycles. The first-order chi connectivity index (χ1) is 11.1. The molecule has 5 heteroatoms. The molecule has 1 aromatic carbocycles. The molecule has 1 aromatic rings. The van der Waals surface area contributed by atoms with Crippen LogP contribution in [0.3, 0.4) is 0 Å². The van der Waals surface area contributed by atoms with Gasteiger partial charge in [0.1, 0.15) is 6.10 Å². The lowest BCUT2D eigenvalue weighted by molar-refractivity contribution is 0.0973. The number of benzene rings is 1. The molecule has 0 aromatic heterocycles. The van der Waals surface area contributed by atoms with Gasteiger partial charge in [-0.2, -0.15) is 0 Å². The maximum Gasteiger partial charge on any atom is 0.231 e. The van der Waals surface area contributed by atoms with Gasteiger partial charge in [0.05, 0.1) is 5.56 Å². The van der Waals surface area contributed by atoms with Crippen LogP contribution >= 0.6 is 0 Å². The summed E-state index contributed by atoms with van der Waals surface area (Å²) in [6, 6.07) is 0. The number of ether oxygens (including phenoxy) is 3. The Kier molecular flexibility index (Phi) is 4.64. The first-order valence-corrected chi connectivity index (χ1v) is 8.50. The third kappa shape index (κ3) is 2.96. The van der Waals surface area contributed by atoms with Crippen LogP contribution in [0.4, 0.5) is 0 Å². The lowest BCUT2D eigenvalue weighted by atomic mass is 9.94. The monoisotopic (exact) mass is 320 g/mol. The number of phenols is 1. The van der Waals surface area contributed by atoms with Crippen molar-refractivity contribution in [1.82, 2.24) is 0 Å². The highest BCUT2D eigenvalue weighted by Crippen LogP contribution is 2.54. The van der Waals surface area contributed by atoms with E-state index in [1.165, 1.54) is 12.8 Å². The topological polar surface area (TPSA) is 65.0 Å². The standard InChI is InChI=1S/C18H24O5/c1-3-4-5-6-7-8-13(19)14-12-9-11(2)23-16(12)15(20)18-17(14)21-10-22-18/h11,20H,3-10H2,1-2H3. The molecule has 2 heterocycles. The molecule has 1 atom stereocenters. The molecule has 23 heavy (non-hydrogen) atoms. The average Bonchev–Trinajstić information content (AvgIpc) is 3.14. The number of unbranched alkanes of at least 4 members (excludes halogenated alkanes) is 4. The lowest BCUT2D eigenvalue weighted by Gasteiger charge is -2.12. The largest absolute Gasteiger partial charge is 0.502 e. The summed E-state index contributed by atoms with van der Waals surface area (Å²) in [5.74, 6) is 1.02. The van der Waals surface area contributed by atoms with Gasteiger partial charge < -0.3 is 19.3 Å². The Morgan fingerprint density at radius 3 is 2.65 bits per heavy atom. The van der Waals surface area contributed by atoms with Gasteiger partial charge >= 0.3 is 0 Å². The number of ketones is 1. The second-order valence-electron chi connectivity index (χ2n) is 6.32. The summed E-state index contributed by atoms with van der Waals surface area (Å²) in [5.41, 5.74) is 1.31. The molecular weight excluding hydrogens is 296 g/mol. The number of rotatable bonds is 7. The Morgan fingerprint density at radius 1 is 1.13 bits per heavy atom. The van der Waals surface area contributed by atoms with Crippen LogP contribution in [0.15, 0.2) is 0 Å². The van der Waals surface area contributed by atoms with E-state index >= 15 is 0 Å². The first kappa shape index (κ1) is 16.0. The highest BCUT2D eigenvalue weighted by Gasteiger charge is 2.37. The zero-order valence-electron chi connectivity index (χ0n) is 13.8. The molecule has 0 fully saturated rings. The smallest absolute Gasteiger partial charge is 0.231 e. The molecule has 1 N–H and O–H groups in total. The van der Waals surface area contributed by atoms with E-state index in [0.717, 1.165) is 24.8 Å². The SMILES string of the molecule is CCCCCCCC(=O)c1c2c(c(O)c3c1OCO3)OC(C)C2. The third-order valence-corrected chi connectivity index (χ3v) is 4.44. The average molecular weight is 320 g/mol. The van der Waals surface area contributed by atoms with Crippen molar-refractivity contribution in [1.29, 1.82) is 0 Å². The quantitative estimate of drug-likeness (QED) is 0.608. The molecule has 0 saturated carbocycles. The van der Waals surface area contributed by atoms with Gasteiger partial charge in [0.25, 0.3) is 0 Å². The molecule has 0 spiro atoms. The van der Waals surface area contributed by atoms with Crippen molar-refractivity contribution in [2.24, 2.45) is 0 Å². The van der Waals surface area contributed by atoms with Gasteiger partial charge in [-0.1, -0.05) is 32.6 Å². The molecule has 0 radical (unpaired) electrons. The summed E-state index contributed by atoms with van der Waals surface area (Å²) in [6.07, 6.45) is 6.53.